The third kappa shape index (κ3) is 7.25. The number of thiocarbonyl (C=S) groups is 1. The molecule has 3 N–H and O–H groups in total. The van der Waals surface area contributed by atoms with Gasteiger partial charge in [0.1, 0.15) is 0 Å². The van der Waals surface area contributed by atoms with Crippen molar-refractivity contribution >= 4 is 81.2 Å². The van der Waals surface area contributed by atoms with Crippen LogP contribution in [-0.4, -0.2) is 32.7 Å². The lowest BCUT2D eigenvalue weighted by Gasteiger charge is -2.27. The summed E-state index contributed by atoms with van der Waals surface area (Å²) in [5, 5.41) is 18.3. The number of nitro groups is 1. The number of nitrogens with one attached hydrogen (secondary N) is 3. The van der Waals surface area contributed by atoms with Gasteiger partial charge >= 0.3 is 6.09 Å². The van der Waals surface area contributed by atoms with Gasteiger partial charge in [0.15, 0.2) is 11.3 Å². The standard InChI is InChI=1S/C12H12Cl4N4O4S/c1-2-24-11(21)19-9(12(14,15)16)18-10(25)17-8-4-3-6(20(22)23)5-7(8)13/h3-5,9H,2H2,1H3,(H,19,21)(H2,17,18,25)/t9-/m1/s1. The van der Waals surface area contributed by atoms with Crippen molar-refractivity contribution in [3.8, 4) is 0 Å². The molecule has 1 amide bonds. The lowest BCUT2D eigenvalue weighted by atomic mass is 10.3. The first-order chi connectivity index (χ1) is 11.5. The zero-order valence-corrected chi connectivity index (χ0v) is 16.4. The van der Waals surface area contributed by atoms with Gasteiger partial charge in [0.25, 0.3) is 5.69 Å². The number of carbonyl (C=O) groups excluding carboxylic acids is 1. The second-order valence-corrected chi connectivity index (χ2v) is 7.54. The minimum absolute atomic E-state index is 0.0520. The van der Waals surface area contributed by atoms with Crippen LogP contribution in [0.1, 0.15) is 6.92 Å². The molecule has 0 radical (unpaired) electrons. The topological polar surface area (TPSA) is 106 Å². The maximum Gasteiger partial charge on any atom is 0.408 e. The van der Waals surface area contributed by atoms with E-state index in [1.54, 1.807) is 6.92 Å². The Hall–Kier alpha value is -1.26. The van der Waals surface area contributed by atoms with E-state index in [4.69, 9.17) is 63.4 Å². The first kappa shape index (κ1) is 21.8. The number of nitro benzene ring substituents is 1. The Balaban J connectivity index is 2.81. The minimum atomic E-state index is -1.95. The molecule has 0 aliphatic rings. The van der Waals surface area contributed by atoms with Gasteiger partial charge in [-0.25, -0.2) is 4.79 Å². The van der Waals surface area contributed by atoms with Gasteiger partial charge in [0.05, 0.1) is 22.2 Å². The Kier molecular flexibility index (Phi) is 8.23. The molecule has 1 aromatic carbocycles. The summed E-state index contributed by atoms with van der Waals surface area (Å²) in [4.78, 5) is 21.6. The van der Waals surface area contributed by atoms with Gasteiger partial charge in [-0.3, -0.25) is 15.4 Å². The molecule has 0 saturated heterocycles. The molecule has 0 unspecified atom stereocenters. The molecule has 13 heteroatoms. The molecule has 0 fully saturated rings. The van der Waals surface area contributed by atoms with E-state index < -0.39 is 21.0 Å². The molecular weight excluding hydrogens is 438 g/mol. The molecule has 1 atom stereocenters. The van der Waals surface area contributed by atoms with Crippen LogP contribution in [0.3, 0.4) is 0 Å². The van der Waals surface area contributed by atoms with Crippen LogP contribution in [0.15, 0.2) is 18.2 Å². The number of benzene rings is 1. The summed E-state index contributed by atoms with van der Waals surface area (Å²) in [5.74, 6) is 0. The molecule has 0 heterocycles. The van der Waals surface area contributed by atoms with E-state index in [1.165, 1.54) is 12.1 Å². The molecular formula is C12H12Cl4N4O4S. The van der Waals surface area contributed by atoms with Gasteiger partial charge in [0, 0.05) is 12.1 Å². The number of nitrogens with zero attached hydrogens (tertiary/aromatic N) is 1. The average molecular weight is 450 g/mol. The first-order valence-electron chi connectivity index (χ1n) is 6.56. The van der Waals surface area contributed by atoms with Gasteiger partial charge in [-0.2, -0.15) is 0 Å². The number of alkyl halides is 3. The highest BCUT2D eigenvalue weighted by molar-refractivity contribution is 7.80. The highest BCUT2D eigenvalue weighted by Gasteiger charge is 2.35. The zero-order chi connectivity index (χ0) is 19.2. The molecule has 0 aliphatic carbocycles. The highest BCUT2D eigenvalue weighted by Crippen LogP contribution is 2.30. The van der Waals surface area contributed by atoms with Crippen LogP contribution in [0, 0.1) is 10.1 Å². The smallest absolute Gasteiger partial charge is 0.408 e. The van der Waals surface area contributed by atoms with Gasteiger partial charge in [-0.15, -0.1) is 0 Å². The molecule has 0 spiro atoms. The predicted molar refractivity (Wildman–Crippen MR) is 102 cm³/mol. The van der Waals surface area contributed by atoms with Crippen LogP contribution in [0.2, 0.25) is 5.02 Å². The van der Waals surface area contributed by atoms with Crippen LogP contribution in [-0.2, 0) is 4.74 Å². The number of hydrogen-bond donors (Lipinski definition) is 3. The van der Waals surface area contributed by atoms with Crippen molar-refractivity contribution in [3.05, 3.63) is 33.3 Å². The highest BCUT2D eigenvalue weighted by atomic mass is 35.6. The van der Waals surface area contributed by atoms with E-state index in [-0.39, 0.29) is 28.1 Å². The number of hydrogen-bond acceptors (Lipinski definition) is 5. The number of ether oxygens (including phenoxy) is 1. The molecule has 1 rings (SSSR count). The van der Waals surface area contributed by atoms with E-state index in [0.29, 0.717) is 0 Å². The van der Waals surface area contributed by atoms with Crippen molar-refractivity contribution < 1.29 is 14.5 Å². The minimum Gasteiger partial charge on any atom is -0.450 e. The van der Waals surface area contributed by atoms with Crippen molar-refractivity contribution in [1.82, 2.24) is 10.6 Å². The van der Waals surface area contributed by atoms with Crippen LogP contribution >= 0.6 is 58.6 Å². The van der Waals surface area contributed by atoms with Gasteiger partial charge in [-0.1, -0.05) is 46.4 Å². The third-order valence-electron chi connectivity index (χ3n) is 2.55. The lowest BCUT2D eigenvalue weighted by Crippen LogP contribution is -2.56. The van der Waals surface area contributed by atoms with Gasteiger partial charge < -0.3 is 15.4 Å². The summed E-state index contributed by atoms with van der Waals surface area (Å²) in [6.07, 6.45) is -2.03. The maximum absolute atomic E-state index is 11.5. The summed E-state index contributed by atoms with van der Waals surface area (Å²) in [5.41, 5.74) is 0.0987. The number of halogens is 4. The first-order valence-corrected chi connectivity index (χ1v) is 8.48. The van der Waals surface area contributed by atoms with Crippen molar-refractivity contribution in [2.45, 2.75) is 16.9 Å². The molecule has 0 aromatic heterocycles. The summed E-state index contributed by atoms with van der Waals surface area (Å²) in [6.45, 7) is 1.74. The van der Waals surface area contributed by atoms with E-state index in [2.05, 4.69) is 16.0 Å². The Morgan fingerprint density at radius 3 is 2.52 bits per heavy atom. The third-order valence-corrected chi connectivity index (χ3v) is 3.74. The fourth-order valence-electron chi connectivity index (χ4n) is 1.50. The van der Waals surface area contributed by atoms with Crippen LogP contribution in [0.25, 0.3) is 0 Å². The summed E-state index contributed by atoms with van der Waals surface area (Å²) in [6, 6.07) is 3.74. The Bertz CT molecular complexity index is 671. The number of alkyl carbamates (subject to hydrolysis) is 1. The molecule has 0 aliphatic heterocycles. The zero-order valence-electron chi connectivity index (χ0n) is 12.5. The molecule has 25 heavy (non-hydrogen) atoms. The Morgan fingerprint density at radius 2 is 2.04 bits per heavy atom. The van der Waals surface area contributed by atoms with Crippen LogP contribution in [0.4, 0.5) is 16.2 Å². The van der Waals surface area contributed by atoms with E-state index >= 15 is 0 Å². The lowest BCUT2D eigenvalue weighted by molar-refractivity contribution is -0.384. The van der Waals surface area contributed by atoms with Gasteiger partial charge in [-0.05, 0) is 25.2 Å². The summed E-state index contributed by atoms with van der Waals surface area (Å²) >= 11 is 28.4. The maximum atomic E-state index is 11.5. The SMILES string of the molecule is CCOC(=O)N[C@@H](NC(=S)Nc1ccc([N+](=O)[O-])cc1Cl)C(Cl)(Cl)Cl. The average Bonchev–Trinajstić information content (AvgIpc) is 2.47. The largest absolute Gasteiger partial charge is 0.450 e. The Labute approximate surface area is 168 Å². The second kappa shape index (κ2) is 9.44. The van der Waals surface area contributed by atoms with Crippen molar-refractivity contribution in [2.75, 3.05) is 11.9 Å². The van der Waals surface area contributed by atoms with Crippen molar-refractivity contribution in [1.29, 1.82) is 0 Å². The summed E-state index contributed by atoms with van der Waals surface area (Å²) < 4.78 is 2.76. The number of rotatable bonds is 5. The number of anilines is 1. The van der Waals surface area contributed by atoms with Crippen molar-refractivity contribution in [3.63, 3.8) is 0 Å². The van der Waals surface area contributed by atoms with E-state index in [1.807, 2.05) is 0 Å². The monoisotopic (exact) mass is 448 g/mol. The quantitative estimate of drug-likeness (QED) is 0.205. The van der Waals surface area contributed by atoms with Crippen molar-refractivity contribution in [2.24, 2.45) is 0 Å². The van der Waals surface area contributed by atoms with Crippen LogP contribution < -0.4 is 16.0 Å². The Morgan fingerprint density at radius 1 is 1.40 bits per heavy atom. The molecule has 8 nitrogen and oxygen atoms in total. The number of non-ortho nitro benzene ring substituents is 1. The van der Waals surface area contributed by atoms with E-state index in [9.17, 15) is 14.9 Å². The number of amides is 1. The predicted octanol–water partition coefficient (Wildman–Crippen LogP) is 3.98. The fourth-order valence-corrected chi connectivity index (χ4v) is 2.28. The van der Waals surface area contributed by atoms with Crippen LogP contribution in [0.5, 0.6) is 0 Å². The second-order valence-electron chi connectivity index (χ2n) is 4.36. The normalized spacial score (nSPS) is 12.0. The van der Waals surface area contributed by atoms with Gasteiger partial charge in [0.2, 0.25) is 3.79 Å². The fraction of sp³-hybridized carbons (Fsp3) is 0.333. The summed E-state index contributed by atoms with van der Waals surface area (Å²) in [7, 11) is 0. The number of carbonyl (C=O) groups is 1. The molecule has 138 valence electrons. The molecule has 0 saturated carbocycles. The van der Waals surface area contributed by atoms with E-state index in [0.717, 1.165) is 6.07 Å². The molecule has 1 aromatic rings. The molecule has 0 bridgehead atoms.